The van der Waals surface area contributed by atoms with Crippen LogP contribution in [0.3, 0.4) is 0 Å². The van der Waals surface area contributed by atoms with Crippen molar-refractivity contribution < 1.29 is 32.2 Å². The Morgan fingerprint density at radius 1 is 1.26 bits per heavy atom. The molecule has 0 aliphatic carbocycles. The van der Waals surface area contributed by atoms with Crippen LogP contribution in [0.15, 0.2) is 29.2 Å². The Kier molecular flexibility index (Phi) is 3.72. The summed E-state index contributed by atoms with van der Waals surface area (Å²) >= 11 is 0. The normalized spacial score (nSPS) is 13.3. The third kappa shape index (κ3) is 2.82. The highest BCUT2D eigenvalue weighted by molar-refractivity contribution is 6.13. The van der Waals surface area contributed by atoms with Crippen molar-refractivity contribution in [2.45, 2.75) is 12.7 Å². The number of alkyl halides is 3. The molecule has 0 saturated heterocycles. The van der Waals surface area contributed by atoms with Gasteiger partial charge in [0.1, 0.15) is 6.54 Å². The summed E-state index contributed by atoms with van der Waals surface area (Å²) in [5.41, 5.74) is -1.03. The molecule has 0 amide bonds. The van der Waals surface area contributed by atoms with E-state index in [9.17, 15) is 22.8 Å². The van der Waals surface area contributed by atoms with E-state index in [1.165, 1.54) is 12.1 Å². The highest BCUT2D eigenvalue weighted by Crippen LogP contribution is 2.38. The number of esters is 1. The van der Waals surface area contributed by atoms with E-state index >= 15 is 0 Å². The van der Waals surface area contributed by atoms with Crippen molar-refractivity contribution in [3.63, 3.8) is 0 Å². The standard InChI is InChI=1S/C17H11F3N2O5/c1-25-16(24)14-13-8(2-3-22(15(13)23)6-17(18,19)20)9-4-11-12(27-7-26-11)5-10(9)21-14/h2-5H,6-7H2,1H3. The fourth-order valence-electron chi connectivity index (χ4n) is 3.01. The van der Waals surface area contributed by atoms with E-state index in [0.29, 0.717) is 27.0 Å². The number of fused-ring (bicyclic) bond motifs is 4. The maximum Gasteiger partial charge on any atom is 0.406 e. The summed E-state index contributed by atoms with van der Waals surface area (Å²) in [6.07, 6.45) is -3.57. The van der Waals surface area contributed by atoms with Crippen LogP contribution >= 0.6 is 0 Å². The molecule has 7 nitrogen and oxygen atoms in total. The molecule has 2 aromatic heterocycles. The largest absolute Gasteiger partial charge is 0.464 e. The third-order valence-corrected chi connectivity index (χ3v) is 4.14. The number of rotatable bonds is 2. The average molecular weight is 380 g/mol. The van der Waals surface area contributed by atoms with E-state index in [4.69, 9.17) is 9.47 Å². The average Bonchev–Trinajstić information content (AvgIpc) is 3.07. The molecule has 3 aromatic rings. The molecule has 0 bridgehead atoms. The van der Waals surface area contributed by atoms with Crippen LogP contribution < -0.4 is 15.0 Å². The first-order chi connectivity index (χ1) is 12.8. The molecule has 0 fully saturated rings. The monoisotopic (exact) mass is 380 g/mol. The Labute approximate surface area is 148 Å². The molecule has 0 N–H and O–H groups in total. The number of pyridine rings is 2. The number of ether oxygens (including phenoxy) is 3. The molecular weight excluding hydrogens is 369 g/mol. The topological polar surface area (TPSA) is 79.7 Å². The van der Waals surface area contributed by atoms with Crippen LogP contribution in [0.2, 0.25) is 0 Å². The van der Waals surface area contributed by atoms with Crippen molar-refractivity contribution in [1.82, 2.24) is 9.55 Å². The third-order valence-electron chi connectivity index (χ3n) is 4.14. The van der Waals surface area contributed by atoms with Gasteiger partial charge in [-0.15, -0.1) is 0 Å². The summed E-state index contributed by atoms with van der Waals surface area (Å²) < 4.78 is 54.0. The van der Waals surface area contributed by atoms with Crippen LogP contribution in [0.25, 0.3) is 21.7 Å². The summed E-state index contributed by atoms with van der Waals surface area (Å²) in [7, 11) is 1.09. The molecule has 1 aliphatic heterocycles. The van der Waals surface area contributed by atoms with Gasteiger partial charge in [0.2, 0.25) is 6.79 Å². The molecule has 140 valence electrons. The minimum Gasteiger partial charge on any atom is -0.464 e. The van der Waals surface area contributed by atoms with Gasteiger partial charge in [-0.25, -0.2) is 9.78 Å². The zero-order valence-corrected chi connectivity index (χ0v) is 13.8. The first-order valence-corrected chi connectivity index (χ1v) is 7.70. The molecule has 3 heterocycles. The number of halogens is 3. The minimum atomic E-state index is -4.60. The first kappa shape index (κ1) is 17.1. The second-order valence-electron chi connectivity index (χ2n) is 5.83. The van der Waals surface area contributed by atoms with Gasteiger partial charge in [-0.2, -0.15) is 13.2 Å². The van der Waals surface area contributed by atoms with Gasteiger partial charge >= 0.3 is 12.1 Å². The van der Waals surface area contributed by atoms with Crippen LogP contribution in [-0.4, -0.2) is 35.6 Å². The van der Waals surface area contributed by atoms with Gasteiger partial charge in [-0.1, -0.05) is 0 Å². The van der Waals surface area contributed by atoms with Crippen molar-refractivity contribution >= 4 is 27.6 Å². The molecule has 1 aromatic carbocycles. The number of carbonyl (C=O) groups excluding carboxylic acids is 1. The van der Waals surface area contributed by atoms with Crippen LogP contribution in [0.1, 0.15) is 10.5 Å². The second kappa shape index (κ2) is 5.86. The molecule has 4 rings (SSSR count). The van der Waals surface area contributed by atoms with Gasteiger partial charge in [0, 0.05) is 23.0 Å². The summed E-state index contributed by atoms with van der Waals surface area (Å²) in [5, 5.41) is 0.459. The molecule has 27 heavy (non-hydrogen) atoms. The predicted octanol–water partition coefficient (Wildman–Crippen LogP) is 2.63. The highest BCUT2D eigenvalue weighted by Gasteiger charge is 2.30. The Morgan fingerprint density at radius 3 is 2.63 bits per heavy atom. The lowest BCUT2D eigenvalue weighted by molar-refractivity contribution is -0.141. The number of methoxy groups -OCH3 is 1. The van der Waals surface area contributed by atoms with E-state index in [2.05, 4.69) is 9.72 Å². The number of benzene rings is 1. The van der Waals surface area contributed by atoms with Crippen molar-refractivity contribution in [1.29, 1.82) is 0 Å². The van der Waals surface area contributed by atoms with Crippen molar-refractivity contribution in [3.8, 4) is 11.5 Å². The van der Waals surface area contributed by atoms with Gasteiger partial charge in [0.15, 0.2) is 17.2 Å². The van der Waals surface area contributed by atoms with Gasteiger partial charge < -0.3 is 18.8 Å². The quantitative estimate of drug-likeness (QED) is 0.502. The smallest absolute Gasteiger partial charge is 0.406 e. The van der Waals surface area contributed by atoms with Crippen molar-refractivity contribution in [3.05, 3.63) is 40.4 Å². The van der Waals surface area contributed by atoms with E-state index in [0.717, 1.165) is 13.3 Å². The Hall–Kier alpha value is -3.30. The van der Waals surface area contributed by atoms with E-state index in [-0.39, 0.29) is 23.3 Å². The molecule has 1 aliphatic rings. The number of carbonyl (C=O) groups is 1. The molecule has 0 atom stereocenters. The molecule has 0 spiro atoms. The number of nitrogens with zero attached hydrogens (tertiary/aromatic N) is 2. The highest BCUT2D eigenvalue weighted by atomic mass is 19.4. The summed E-state index contributed by atoms with van der Waals surface area (Å²) in [4.78, 5) is 29.0. The van der Waals surface area contributed by atoms with Crippen molar-refractivity contribution in [2.24, 2.45) is 0 Å². The lowest BCUT2D eigenvalue weighted by Gasteiger charge is -2.13. The van der Waals surface area contributed by atoms with E-state index in [1.807, 2.05) is 0 Å². The second-order valence-corrected chi connectivity index (χ2v) is 5.83. The maximum absolute atomic E-state index is 12.8. The fraction of sp³-hybridized carbons (Fsp3) is 0.235. The Balaban J connectivity index is 2.09. The number of hydrogen-bond acceptors (Lipinski definition) is 6. The van der Waals surface area contributed by atoms with Gasteiger partial charge in [-0.05, 0) is 12.1 Å². The van der Waals surface area contributed by atoms with Crippen LogP contribution in [0, 0.1) is 0 Å². The number of hydrogen-bond donors (Lipinski definition) is 0. The summed E-state index contributed by atoms with van der Waals surface area (Å²) in [6, 6.07) is 4.44. The molecule has 0 unspecified atom stereocenters. The van der Waals surface area contributed by atoms with Gasteiger partial charge in [-0.3, -0.25) is 4.79 Å². The summed E-state index contributed by atoms with van der Waals surface area (Å²) in [5.74, 6) is -0.104. The molecule has 0 saturated carbocycles. The molecule has 10 heteroatoms. The number of aromatic nitrogens is 2. The molecular formula is C17H11F3N2O5. The lowest BCUT2D eigenvalue weighted by Crippen LogP contribution is -2.29. The predicted molar refractivity (Wildman–Crippen MR) is 87.0 cm³/mol. The zero-order valence-electron chi connectivity index (χ0n) is 13.8. The van der Waals surface area contributed by atoms with Crippen LogP contribution in [0.5, 0.6) is 11.5 Å². The fourth-order valence-corrected chi connectivity index (χ4v) is 3.01. The first-order valence-electron chi connectivity index (χ1n) is 7.70. The minimum absolute atomic E-state index is 0.00579. The van der Waals surface area contributed by atoms with E-state index in [1.54, 1.807) is 6.07 Å². The molecule has 0 radical (unpaired) electrons. The summed E-state index contributed by atoms with van der Waals surface area (Å²) in [6.45, 7) is -1.48. The Morgan fingerprint density at radius 2 is 1.96 bits per heavy atom. The van der Waals surface area contributed by atoms with Crippen molar-refractivity contribution in [2.75, 3.05) is 13.9 Å². The van der Waals surface area contributed by atoms with Gasteiger partial charge in [0.05, 0.1) is 18.0 Å². The van der Waals surface area contributed by atoms with Crippen LogP contribution in [0.4, 0.5) is 13.2 Å². The van der Waals surface area contributed by atoms with Crippen LogP contribution in [-0.2, 0) is 11.3 Å². The maximum atomic E-state index is 12.8. The van der Waals surface area contributed by atoms with E-state index < -0.39 is 24.2 Å². The zero-order chi connectivity index (χ0) is 19.3. The Bertz CT molecular complexity index is 1150. The lowest BCUT2D eigenvalue weighted by atomic mass is 10.0. The van der Waals surface area contributed by atoms with Gasteiger partial charge in [0.25, 0.3) is 5.56 Å². The SMILES string of the molecule is COC(=O)c1nc2cc3c(cc2c2ccn(CC(F)(F)F)c(=O)c12)OCO3.